The van der Waals surface area contributed by atoms with Gasteiger partial charge in [0.1, 0.15) is 5.82 Å². The molecule has 0 radical (unpaired) electrons. The Morgan fingerprint density at radius 2 is 1.97 bits per heavy atom. The molecular weight excluding hydrogens is 509 g/mol. The van der Waals surface area contributed by atoms with Crippen molar-refractivity contribution in [3.05, 3.63) is 47.3 Å². The number of nitrogens with zero attached hydrogens (tertiary/aromatic N) is 4. The third-order valence-corrected chi connectivity index (χ3v) is 7.00. The summed E-state index contributed by atoms with van der Waals surface area (Å²) in [6.45, 7) is 6.81. The second-order valence-corrected chi connectivity index (χ2v) is 10.1. The average molecular weight is 545 g/mol. The second-order valence-electron chi connectivity index (χ2n) is 10.1. The Morgan fingerprint density at radius 1 is 1.23 bits per heavy atom. The van der Waals surface area contributed by atoms with Gasteiger partial charge in [-0.3, -0.25) is 4.99 Å². The number of anilines is 2. The molecule has 2 fully saturated rings. The van der Waals surface area contributed by atoms with Crippen LogP contribution in [0.4, 0.5) is 29.5 Å². The molecule has 3 heterocycles. The number of hydrogen-bond donors (Lipinski definition) is 2. The van der Waals surface area contributed by atoms with Crippen LogP contribution in [0.2, 0.25) is 0 Å². The Kier molecular flexibility index (Phi) is 8.79. The number of rotatable bonds is 6. The summed E-state index contributed by atoms with van der Waals surface area (Å²) >= 11 is 0. The van der Waals surface area contributed by atoms with Crippen LogP contribution in [0.5, 0.6) is 0 Å². The number of pyridine rings is 1. The normalized spacial score (nSPS) is 19.0. The molecule has 39 heavy (non-hydrogen) atoms. The van der Waals surface area contributed by atoms with Crippen molar-refractivity contribution in [1.29, 1.82) is 0 Å². The number of carbonyl (C=O) groups excluding carboxylic acids is 1. The molecule has 0 spiro atoms. The lowest BCUT2D eigenvalue weighted by Gasteiger charge is -2.29. The van der Waals surface area contributed by atoms with Crippen LogP contribution < -0.4 is 16.0 Å². The van der Waals surface area contributed by atoms with E-state index in [1.54, 1.807) is 26.3 Å². The molecule has 1 aromatic carbocycles. The molecule has 0 aliphatic carbocycles. The number of alkyl halides is 3. The number of likely N-dealkylation sites (tertiary alicyclic amines) is 1. The maximum Gasteiger partial charge on any atom is 0.389 e. The van der Waals surface area contributed by atoms with Gasteiger partial charge in [-0.2, -0.15) is 13.2 Å². The van der Waals surface area contributed by atoms with Crippen LogP contribution >= 0.6 is 0 Å². The highest BCUT2D eigenvalue weighted by Gasteiger charge is 2.36. The molecule has 2 aliphatic rings. The molecule has 0 unspecified atom stereocenters. The van der Waals surface area contributed by atoms with Crippen LogP contribution in [0.3, 0.4) is 0 Å². The number of aryl methyl sites for hydroxylation is 1. The van der Waals surface area contributed by atoms with E-state index < -0.39 is 24.5 Å². The van der Waals surface area contributed by atoms with Crippen molar-refractivity contribution in [2.75, 3.05) is 56.7 Å². The van der Waals surface area contributed by atoms with E-state index in [1.807, 2.05) is 31.2 Å². The van der Waals surface area contributed by atoms with E-state index >= 15 is 0 Å². The zero-order chi connectivity index (χ0) is 28.2. The van der Waals surface area contributed by atoms with E-state index in [2.05, 4.69) is 15.2 Å². The highest BCUT2D eigenvalue weighted by molar-refractivity contribution is 6.10. The highest BCUT2D eigenvalue weighted by atomic mass is 19.4. The van der Waals surface area contributed by atoms with E-state index in [-0.39, 0.29) is 6.54 Å². The Labute approximate surface area is 226 Å². The maximum absolute atomic E-state index is 12.9. The van der Waals surface area contributed by atoms with Gasteiger partial charge in [0.05, 0.1) is 18.9 Å². The maximum atomic E-state index is 12.9. The first-order chi connectivity index (χ1) is 18.5. The van der Waals surface area contributed by atoms with E-state index in [1.165, 1.54) is 4.90 Å². The van der Waals surface area contributed by atoms with Crippen LogP contribution in [0.1, 0.15) is 31.0 Å². The molecule has 0 saturated carbocycles. The number of urea groups is 1. The number of halogens is 3. The molecule has 8 nitrogen and oxygen atoms in total. The van der Waals surface area contributed by atoms with E-state index in [0.717, 1.165) is 28.1 Å². The Balaban J connectivity index is 1.64. The molecule has 1 aromatic heterocycles. The topological polar surface area (TPSA) is 96.1 Å². The monoisotopic (exact) mass is 544 g/mol. The number of hydrogen-bond acceptors (Lipinski definition) is 6. The zero-order valence-corrected chi connectivity index (χ0v) is 22.5. The zero-order valence-electron chi connectivity index (χ0n) is 22.5. The van der Waals surface area contributed by atoms with Crippen molar-refractivity contribution in [2.45, 2.75) is 32.9 Å². The van der Waals surface area contributed by atoms with Crippen LogP contribution in [-0.2, 0) is 4.74 Å². The fourth-order valence-corrected chi connectivity index (χ4v) is 4.99. The predicted molar refractivity (Wildman–Crippen MR) is 148 cm³/mol. The smallest absolute Gasteiger partial charge is 0.389 e. The van der Waals surface area contributed by atoms with Crippen LogP contribution in [0, 0.1) is 12.8 Å². The van der Waals surface area contributed by atoms with Gasteiger partial charge in [-0.1, -0.05) is 6.07 Å². The molecule has 210 valence electrons. The fourth-order valence-electron chi connectivity index (χ4n) is 4.99. The van der Waals surface area contributed by atoms with Crippen molar-refractivity contribution in [1.82, 2.24) is 9.88 Å². The molecule has 2 amide bonds. The summed E-state index contributed by atoms with van der Waals surface area (Å²) in [7, 11) is 1.68. The first-order valence-corrected chi connectivity index (χ1v) is 13.0. The second kappa shape index (κ2) is 12.1. The lowest BCUT2D eigenvalue weighted by atomic mass is 9.98. The number of ether oxygens (including phenoxy) is 1. The summed E-state index contributed by atoms with van der Waals surface area (Å²) in [5.41, 5.74) is 11.5. The molecule has 2 aliphatic heterocycles. The van der Waals surface area contributed by atoms with Crippen molar-refractivity contribution in [3.63, 3.8) is 0 Å². The van der Waals surface area contributed by atoms with Crippen molar-refractivity contribution in [3.8, 4) is 11.1 Å². The summed E-state index contributed by atoms with van der Waals surface area (Å²) in [5, 5.41) is 2.87. The van der Waals surface area contributed by atoms with Gasteiger partial charge in [-0.15, -0.1) is 0 Å². The number of carbonyl (C=O) groups is 1. The number of nitrogens with one attached hydrogen (secondary N) is 1. The molecule has 3 N–H and O–H groups in total. The number of aliphatic imine (C=N–C) groups is 1. The lowest BCUT2D eigenvalue weighted by Crippen LogP contribution is -2.36. The van der Waals surface area contributed by atoms with E-state index in [0.29, 0.717) is 56.3 Å². The predicted octanol–water partition coefficient (Wildman–Crippen LogP) is 5.09. The number of benzene rings is 1. The van der Waals surface area contributed by atoms with E-state index in [4.69, 9.17) is 15.5 Å². The average Bonchev–Trinajstić information content (AvgIpc) is 3.35. The summed E-state index contributed by atoms with van der Waals surface area (Å²) in [6.07, 6.45) is -3.07. The quantitative estimate of drug-likeness (QED) is 0.494. The van der Waals surface area contributed by atoms with Crippen LogP contribution in [-0.4, -0.2) is 74.7 Å². The minimum Gasteiger partial charge on any atom is -0.402 e. The standard InChI is InChI=1S/C28H35F3N6O2/c1-18-4-5-22(34-27(38)37-7-6-20(17-37)15-28(29,30)31)14-23(18)21-12-25(24(16-33-3)19(2)32)35-26(13-21)36-8-10-39-11-9-36/h4-5,12-14,16,20H,6-11,15,17,32H2,1-3H3,(H,34,38)/b24-19+,33-16?/t20-/m0/s1. The summed E-state index contributed by atoms with van der Waals surface area (Å²) in [4.78, 5) is 25.5. The minimum absolute atomic E-state index is 0.0905. The minimum atomic E-state index is -4.23. The molecular formula is C28H35F3N6O2. The molecule has 1 atom stereocenters. The van der Waals surface area contributed by atoms with Gasteiger partial charge in [0, 0.05) is 62.8 Å². The largest absolute Gasteiger partial charge is 0.402 e. The summed E-state index contributed by atoms with van der Waals surface area (Å²) in [5.74, 6) is 0.216. The number of amides is 2. The summed E-state index contributed by atoms with van der Waals surface area (Å²) in [6, 6.07) is 9.15. The highest BCUT2D eigenvalue weighted by Crippen LogP contribution is 2.33. The molecule has 2 aromatic rings. The van der Waals surface area contributed by atoms with Gasteiger partial charge in [0.2, 0.25) is 0 Å². The van der Waals surface area contributed by atoms with Gasteiger partial charge in [-0.25, -0.2) is 9.78 Å². The number of morpholine rings is 1. The Hall–Kier alpha value is -3.60. The molecule has 11 heteroatoms. The Morgan fingerprint density at radius 3 is 2.64 bits per heavy atom. The first-order valence-electron chi connectivity index (χ1n) is 13.0. The third-order valence-electron chi connectivity index (χ3n) is 7.00. The van der Waals surface area contributed by atoms with Gasteiger partial charge in [-0.05, 0) is 67.1 Å². The number of nitrogens with two attached hydrogens (primary N) is 1. The van der Waals surface area contributed by atoms with Crippen molar-refractivity contribution >= 4 is 29.3 Å². The van der Waals surface area contributed by atoms with Crippen molar-refractivity contribution < 1.29 is 22.7 Å². The number of aromatic nitrogens is 1. The molecule has 0 bridgehead atoms. The third kappa shape index (κ3) is 7.29. The fraction of sp³-hybridized carbons (Fsp3) is 0.464. The molecule has 2 saturated heterocycles. The number of allylic oxidation sites excluding steroid dienone is 2. The molecule has 4 rings (SSSR count). The Bertz CT molecular complexity index is 1250. The van der Waals surface area contributed by atoms with Gasteiger partial charge >= 0.3 is 12.2 Å². The summed E-state index contributed by atoms with van der Waals surface area (Å²) < 4.78 is 43.9. The van der Waals surface area contributed by atoms with Crippen LogP contribution in [0.25, 0.3) is 16.7 Å². The van der Waals surface area contributed by atoms with Crippen molar-refractivity contribution in [2.24, 2.45) is 16.6 Å². The van der Waals surface area contributed by atoms with Gasteiger partial charge in [0.25, 0.3) is 0 Å². The first kappa shape index (κ1) is 28.4. The van der Waals surface area contributed by atoms with E-state index in [9.17, 15) is 18.0 Å². The van der Waals surface area contributed by atoms with Gasteiger partial charge < -0.3 is 25.6 Å². The van der Waals surface area contributed by atoms with Gasteiger partial charge in [0.15, 0.2) is 0 Å². The lowest BCUT2D eigenvalue weighted by molar-refractivity contribution is -0.143. The van der Waals surface area contributed by atoms with Crippen LogP contribution in [0.15, 0.2) is 41.0 Å². The SMILES string of the molecule is CN=C/C(=C(/C)N)c1cc(-c2cc(NC(=O)N3CC[C@@H](CC(F)(F)F)C3)ccc2C)cc(N2CCOCC2)n1.